The first-order chi connectivity index (χ1) is 6.25. The van der Waals surface area contributed by atoms with Crippen LogP contribution in [0.4, 0.5) is 0 Å². The Labute approximate surface area is 122 Å². The summed E-state index contributed by atoms with van der Waals surface area (Å²) in [4.78, 5) is -0.350. The Morgan fingerprint density at radius 2 is 1.71 bits per heavy atom. The van der Waals surface area contributed by atoms with E-state index in [1.807, 2.05) is 22.6 Å². The molecule has 0 aliphatic rings. The molecule has 0 spiro atoms. The molecule has 0 bridgehead atoms. The fourth-order valence-corrected chi connectivity index (χ4v) is 6.39. The van der Waals surface area contributed by atoms with Crippen LogP contribution in [0, 0.1) is 10.7 Å². The maximum absolute atomic E-state index is 10.9. The van der Waals surface area contributed by atoms with Gasteiger partial charge in [-0.3, -0.25) is 0 Å². The van der Waals surface area contributed by atoms with Crippen LogP contribution in [0.1, 0.15) is 0 Å². The lowest BCUT2D eigenvalue weighted by atomic mass is 10.3. The highest BCUT2D eigenvalue weighted by Gasteiger charge is 2.17. The molecule has 0 aliphatic heterocycles. The van der Waals surface area contributed by atoms with E-state index in [2.05, 4.69) is 0 Å². The molecule has 1 aromatic carbocycles. The van der Waals surface area contributed by atoms with Crippen LogP contribution in [-0.4, -0.2) is 18.1 Å². The van der Waals surface area contributed by atoms with Crippen molar-refractivity contribution >= 4 is 77.9 Å². The lowest BCUT2D eigenvalue weighted by Crippen LogP contribution is -2.05. The minimum atomic E-state index is -4.53. The minimum Gasteiger partial charge on any atom is -0.744 e. The molecule has 8 heteroatoms. The minimum absolute atomic E-state index is 0.0777. The van der Waals surface area contributed by atoms with Crippen LogP contribution in [0.2, 0.25) is 0 Å². The van der Waals surface area contributed by atoms with Crippen molar-refractivity contribution in [3.8, 4) is 5.75 Å². The van der Waals surface area contributed by atoms with E-state index >= 15 is 0 Å². The molecule has 0 aliphatic carbocycles. The maximum atomic E-state index is 10.9. The summed E-state index contributed by atoms with van der Waals surface area (Å²) < 4.78 is 33.5. The van der Waals surface area contributed by atoms with E-state index in [9.17, 15) is 18.1 Å². The van der Waals surface area contributed by atoms with Crippen molar-refractivity contribution in [3.05, 3.63) is 16.8 Å². The van der Waals surface area contributed by atoms with Gasteiger partial charge < -0.3 is 9.66 Å². The van der Waals surface area contributed by atoms with E-state index < -0.39 is 10.1 Å². The molecule has 1 aromatic rings. The predicted molar refractivity (Wildman–Crippen MR) is 74.2 cm³/mol. The molecule has 0 fully saturated rings. The summed E-state index contributed by atoms with van der Waals surface area (Å²) in [7, 11) is -4.53. The quantitative estimate of drug-likeness (QED) is 0.429. The average molecular weight is 551 g/mol. The van der Waals surface area contributed by atoms with E-state index in [-0.39, 0.29) is 14.2 Å². The SMILES string of the molecule is O=S(=O)([O-])c1c(I)cc(I)c(O)c1I. The zero-order valence-electron chi connectivity index (χ0n) is 6.29. The van der Waals surface area contributed by atoms with E-state index in [1.165, 1.54) is 6.07 Å². The summed E-state index contributed by atoms with van der Waals surface area (Å²) in [6, 6.07) is 1.45. The van der Waals surface area contributed by atoms with Gasteiger partial charge in [0.15, 0.2) is 0 Å². The van der Waals surface area contributed by atoms with Crippen molar-refractivity contribution in [2.75, 3.05) is 0 Å². The molecule has 0 saturated carbocycles. The smallest absolute Gasteiger partial charge is 0.143 e. The molecule has 0 saturated heterocycles. The Hall–Kier alpha value is 1.12. The van der Waals surface area contributed by atoms with Crippen molar-refractivity contribution in [1.29, 1.82) is 0 Å². The highest BCUT2D eigenvalue weighted by Crippen LogP contribution is 2.34. The van der Waals surface area contributed by atoms with Crippen molar-refractivity contribution < 1.29 is 18.1 Å². The number of halogens is 3. The number of phenolic OH excluding ortho intramolecular Hbond substituents is 1. The topological polar surface area (TPSA) is 77.4 Å². The molecule has 0 radical (unpaired) electrons. The highest BCUT2D eigenvalue weighted by atomic mass is 127. The molecule has 78 valence electrons. The van der Waals surface area contributed by atoms with Crippen LogP contribution in [0.5, 0.6) is 5.75 Å². The Bertz CT molecular complexity index is 482. The van der Waals surface area contributed by atoms with Gasteiger partial charge in [-0.2, -0.15) is 0 Å². The third-order valence-electron chi connectivity index (χ3n) is 1.35. The molecule has 0 amide bonds. The zero-order valence-corrected chi connectivity index (χ0v) is 13.6. The summed E-state index contributed by atoms with van der Waals surface area (Å²) in [6.45, 7) is 0. The second-order valence-corrected chi connectivity index (χ2v) is 7.01. The fraction of sp³-hybridized carbons (Fsp3) is 0. The molecule has 14 heavy (non-hydrogen) atoms. The van der Waals surface area contributed by atoms with Crippen molar-refractivity contribution in [3.63, 3.8) is 0 Å². The van der Waals surface area contributed by atoms with Crippen molar-refractivity contribution in [1.82, 2.24) is 0 Å². The Balaban J connectivity index is 3.70. The third kappa shape index (κ3) is 2.62. The number of rotatable bonds is 1. The lowest BCUT2D eigenvalue weighted by Gasteiger charge is -2.13. The first-order valence-electron chi connectivity index (χ1n) is 3.07. The van der Waals surface area contributed by atoms with Crippen LogP contribution in [0.25, 0.3) is 0 Å². The summed E-state index contributed by atoms with van der Waals surface area (Å²) in [5.74, 6) is -0.166. The van der Waals surface area contributed by atoms with Crippen molar-refractivity contribution in [2.45, 2.75) is 4.90 Å². The number of aromatic hydroxyl groups is 1. The lowest BCUT2D eigenvalue weighted by molar-refractivity contribution is 0.450. The van der Waals surface area contributed by atoms with E-state index in [0.717, 1.165) is 0 Å². The van der Waals surface area contributed by atoms with E-state index in [1.54, 1.807) is 45.2 Å². The van der Waals surface area contributed by atoms with Crippen LogP contribution in [0.15, 0.2) is 11.0 Å². The molecule has 4 nitrogen and oxygen atoms in total. The summed E-state index contributed by atoms with van der Waals surface area (Å²) in [6.07, 6.45) is 0. The molecule has 1 rings (SSSR count). The largest absolute Gasteiger partial charge is 0.744 e. The molecule has 0 unspecified atom stereocenters. The molecule has 0 heterocycles. The van der Waals surface area contributed by atoms with Crippen LogP contribution in [0.3, 0.4) is 0 Å². The van der Waals surface area contributed by atoms with Gasteiger partial charge in [0.05, 0.1) is 12.0 Å². The molecule has 1 N–H and O–H groups in total. The van der Waals surface area contributed by atoms with Gasteiger partial charge in [0.25, 0.3) is 0 Å². The maximum Gasteiger partial charge on any atom is 0.143 e. The number of hydrogen-bond acceptors (Lipinski definition) is 4. The Morgan fingerprint density at radius 3 is 2.14 bits per heavy atom. The highest BCUT2D eigenvalue weighted by molar-refractivity contribution is 14.1. The zero-order chi connectivity index (χ0) is 11.1. The molecule has 0 aromatic heterocycles. The number of hydrogen-bond donors (Lipinski definition) is 1. The molecule has 0 atom stereocenters. The van der Waals surface area contributed by atoms with Crippen LogP contribution < -0.4 is 0 Å². The fourth-order valence-electron chi connectivity index (χ4n) is 0.792. The van der Waals surface area contributed by atoms with Gasteiger partial charge in [0.2, 0.25) is 0 Å². The number of benzene rings is 1. The summed E-state index contributed by atoms with van der Waals surface area (Å²) in [5.41, 5.74) is 0. The summed E-state index contributed by atoms with van der Waals surface area (Å²) in [5, 5.41) is 9.45. The van der Waals surface area contributed by atoms with Crippen molar-refractivity contribution in [2.24, 2.45) is 0 Å². The van der Waals surface area contributed by atoms with Gasteiger partial charge in [-0.25, -0.2) is 8.42 Å². The molecular formula is C6H2I3O4S-. The van der Waals surface area contributed by atoms with Gasteiger partial charge >= 0.3 is 0 Å². The van der Waals surface area contributed by atoms with Gasteiger partial charge in [-0.15, -0.1) is 0 Å². The number of phenols is 1. The first kappa shape index (κ1) is 13.2. The standard InChI is InChI=1S/C6H3I3O4S/c7-2-1-3(8)6(14(11,12)13)4(9)5(2)10/h1,10H,(H,11,12,13)/p-1. The second-order valence-electron chi connectivity index (χ2n) is 2.29. The third-order valence-corrected chi connectivity index (χ3v) is 5.73. The van der Waals surface area contributed by atoms with Gasteiger partial charge in [0, 0.05) is 3.57 Å². The predicted octanol–water partition coefficient (Wildman–Crippen LogP) is 2.11. The molecular weight excluding hydrogens is 549 g/mol. The first-order valence-corrected chi connectivity index (χ1v) is 7.72. The van der Waals surface area contributed by atoms with E-state index in [0.29, 0.717) is 7.14 Å². The Kier molecular flexibility index (Phi) is 4.28. The van der Waals surface area contributed by atoms with Gasteiger partial charge in [-0.05, 0) is 73.8 Å². The van der Waals surface area contributed by atoms with Crippen LogP contribution in [-0.2, 0) is 10.1 Å². The normalized spacial score (nSPS) is 11.7. The van der Waals surface area contributed by atoms with Crippen LogP contribution >= 0.6 is 67.8 Å². The van der Waals surface area contributed by atoms with Gasteiger partial charge in [0.1, 0.15) is 15.9 Å². The summed E-state index contributed by atoms with van der Waals surface area (Å²) >= 11 is 5.26. The van der Waals surface area contributed by atoms with E-state index in [4.69, 9.17) is 0 Å². The van der Waals surface area contributed by atoms with Gasteiger partial charge in [-0.1, -0.05) is 0 Å². The monoisotopic (exact) mass is 551 g/mol. The average Bonchev–Trinajstić information content (AvgIpc) is 1.97. The second kappa shape index (κ2) is 4.55. The Morgan fingerprint density at radius 1 is 1.21 bits per heavy atom.